The zero-order chi connectivity index (χ0) is 21.4. The second kappa shape index (κ2) is 11.1. The number of hydrogen-bond acceptors (Lipinski definition) is 6. The molecule has 0 atom stereocenters. The van der Waals surface area contributed by atoms with E-state index >= 15 is 0 Å². The molecule has 2 N–H and O–H groups in total. The molecule has 2 heterocycles. The minimum Gasteiger partial charge on any atom is -0.461 e. The molecule has 0 aromatic carbocycles. The Labute approximate surface area is 173 Å². The predicted molar refractivity (Wildman–Crippen MR) is 111 cm³/mol. The van der Waals surface area contributed by atoms with E-state index in [1.807, 2.05) is 0 Å². The van der Waals surface area contributed by atoms with Crippen LogP contribution in [0, 0.1) is 13.8 Å². The number of rotatable bonds is 10. The van der Waals surface area contributed by atoms with Crippen LogP contribution in [0.15, 0.2) is 0 Å². The van der Waals surface area contributed by atoms with Gasteiger partial charge in [-0.05, 0) is 32.8 Å². The maximum atomic E-state index is 12.9. The van der Waals surface area contributed by atoms with Gasteiger partial charge in [0.2, 0.25) is 5.91 Å². The van der Waals surface area contributed by atoms with E-state index in [9.17, 15) is 14.4 Å². The number of aromatic nitrogens is 1. The van der Waals surface area contributed by atoms with Gasteiger partial charge in [-0.1, -0.05) is 13.3 Å². The molecule has 1 aliphatic rings. The van der Waals surface area contributed by atoms with Crippen LogP contribution in [0.4, 0.5) is 0 Å². The molecular formula is C21H34N4O4. The highest BCUT2D eigenvalue weighted by Crippen LogP contribution is 2.20. The van der Waals surface area contributed by atoms with Crippen molar-refractivity contribution < 1.29 is 19.1 Å². The lowest BCUT2D eigenvalue weighted by Gasteiger charge is -2.33. The van der Waals surface area contributed by atoms with Crippen LogP contribution < -0.4 is 5.32 Å². The monoisotopic (exact) mass is 406 g/mol. The fourth-order valence-electron chi connectivity index (χ4n) is 3.63. The number of hydrogen-bond donors (Lipinski definition) is 2. The number of ketones is 1. The standard InChI is InChI=1S/C21H34N4O4/c1-5-7-8-22-18(27)14-25-11-9-24(10-12-25)13-17(26)19-15(3)20(23-16(19)4)21(28)29-6-2/h23H,5-14H2,1-4H3,(H,22,27). The number of aromatic amines is 1. The highest BCUT2D eigenvalue weighted by atomic mass is 16.5. The Hall–Kier alpha value is -2.19. The average molecular weight is 407 g/mol. The first-order valence-electron chi connectivity index (χ1n) is 10.5. The van der Waals surface area contributed by atoms with Crippen molar-refractivity contribution in [3.8, 4) is 0 Å². The van der Waals surface area contributed by atoms with Crippen LogP contribution in [-0.2, 0) is 9.53 Å². The van der Waals surface area contributed by atoms with Crippen molar-refractivity contribution in [3.63, 3.8) is 0 Å². The van der Waals surface area contributed by atoms with Crippen molar-refractivity contribution in [1.29, 1.82) is 0 Å². The molecule has 2 rings (SSSR count). The Kier molecular flexibility index (Phi) is 8.85. The van der Waals surface area contributed by atoms with E-state index in [1.165, 1.54) is 0 Å². The fourth-order valence-corrected chi connectivity index (χ4v) is 3.63. The zero-order valence-electron chi connectivity index (χ0n) is 18.1. The van der Waals surface area contributed by atoms with Crippen molar-refractivity contribution in [2.45, 2.75) is 40.5 Å². The maximum Gasteiger partial charge on any atom is 0.355 e. The largest absolute Gasteiger partial charge is 0.461 e. The van der Waals surface area contributed by atoms with Crippen LogP contribution in [-0.4, -0.2) is 84.9 Å². The minimum atomic E-state index is -0.432. The molecular weight excluding hydrogens is 372 g/mol. The molecule has 0 spiro atoms. The molecule has 162 valence electrons. The zero-order valence-corrected chi connectivity index (χ0v) is 18.1. The molecule has 8 heteroatoms. The second-order valence-corrected chi connectivity index (χ2v) is 7.52. The Bertz CT molecular complexity index is 721. The van der Waals surface area contributed by atoms with Crippen LogP contribution in [0.5, 0.6) is 0 Å². The van der Waals surface area contributed by atoms with Gasteiger partial charge in [0.15, 0.2) is 5.78 Å². The van der Waals surface area contributed by atoms with Gasteiger partial charge in [-0.15, -0.1) is 0 Å². The summed E-state index contributed by atoms with van der Waals surface area (Å²) in [5.41, 5.74) is 2.27. The Balaban J connectivity index is 1.86. The lowest BCUT2D eigenvalue weighted by molar-refractivity contribution is -0.122. The molecule has 1 aromatic heterocycles. The molecule has 8 nitrogen and oxygen atoms in total. The Morgan fingerprint density at radius 1 is 1.03 bits per heavy atom. The Morgan fingerprint density at radius 3 is 2.24 bits per heavy atom. The molecule has 1 aliphatic heterocycles. The smallest absolute Gasteiger partial charge is 0.355 e. The third kappa shape index (κ3) is 6.40. The number of ether oxygens (including phenoxy) is 1. The third-order valence-electron chi connectivity index (χ3n) is 5.25. The quantitative estimate of drug-likeness (QED) is 0.348. The van der Waals surface area contributed by atoms with Gasteiger partial charge < -0.3 is 15.0 Å². The summed E-state index contributed by atoms with van der Waals surface area (Å²) in [7, 11) is 0. The summed E-state index contributed by atoms with van der Waals surface area (Å²) < 4.78 is 5.05. The lowest BCUT2D eigenvalue weighted by atomic mass is 10.0. The van der Waals surface area contributed by atoms with Crippen LogP contribution in [0.2, 0.25) is 0 Å². The average Bonchev–Trinajstić information content (AvgIpc) is 2.98. The van der Waals surface area contributed by atoms with Crippen molar-refractivity contribution in [1.82, 2.24) is 20.1 Å². The van der Waals surface area contributed by atoms with Crippen molar-refractivity contribution in [2.24, 2.45) is 0 Å². The number of H-pyrrole nitrogens is 1. The molecule has 0 saturated carbocycles. The number of piperazine rings is 1. The molecule has 1 fully saturated rings. The van der Waals surface area contributed by atoms with E-state index in [0.29, 0.717) is 42.2 Å². The first-order chi connectivity index (χ1) is 13.9. The van der Waals surface area contributed by atoms with Gasteiger partial charge in [-0.25, -0.2) is 4.79 Å². The van der Waals surface area contributed by atoms with Gasteiger partial charge in [0, 0.05) is 44.0 Å². The number of Topliss-reactive ketones (excluding diaryl/α,β-unsaturated/α-hetero) is 1. The van der Waals surface area contributed by atoms with E-state index in [1.54, 1.807) is 20.8 Å². The first-order valence-corrected chi connectivity index (χ1v) is 10.5. The predicted octanol–water partition coefficient (Wildman–Crippen LogP) is 1.52. The number of carbonyl (C=O) groups excluding carboxylic acids is 3. The topological polar surface area (TPSA) is 94.7 Å². The SMILES string of the molecule is CCCCNC(=O)CN1CCN(CC(=O)c2c(C)[nH]c(C(=O)OCC)c2C)CC1. The van der Waals surface area contributed by atoms with E-state index in [4.69, 9.17) is 4.74 Å². The first kappa shape index (κ1) is 23.1. The summed E-state index contributed by atoms with van der Waals surface area (Å²) in [6.07, 6.45) is 2.06. The summed E-state index contributed by atoms with van der Waals surface area (Å²) in [5.74, 6) is -0.372. The molecule has 0 bridgehead atoms. The number of esters is 1. The van der Waals surface area contributed by atoms with E-state index in [-0.39, 0.29) is 11.7 Å². The van der Waals surface area contributed by atoms with Gasteiger partial charge in [-0.2, -0.15) is 0 Å². The Morgan fingerprint density at radius 2 is 1.66 bits per heavy atom. The molecule has 0 unspecified atom stereocenters. The second-order valence-electron chi connectivity index (χ2n) is 7.52. The van der Waals surface area contributed by atoms with Gasteiger partial charge in [-0.3, -0.25) is 19.4 Å². The maximum absolute atomic E-state index is 12.9. The van der Waals surface area contributed by atoms with Gasteiger partial charge in [0.1, 0.15) is 5.69 Å². The van der Waals surface area contributed by atoms with Crippen LogP contribution in [0.1, 0.15) is 58.8 Å². The molecule has 1 saturated heterocycles. The van der Waals surface area contributed by atoms with Gasteiger partial charge in [0.05, 0.1) is 19.7 Å². The summed E-state index contributed by atoms with van der Waals surface area (Å²) in [6.45, 7) is 12.2. The summed E-state index contributed by atoms with van der Waals surface area (Å²) in [5, 5.41) is 2.94. The highest BCUT2D eigenvalue weighted by molar-refractivity contribution is 6.03. The van der Waals surface area contributed by atoms with Crippen LogP contribution in [0.3, 0.4) is 0 Å². The molecule has 1 amide bonds. The van der Waals surface area contributed by atoms with E-state index < -0.39 is 5.97 Å². The summed E-state index contributed by atoms with van der Waals surface area (Å²) >= 11 is 0. The molecule has 0 radical (unpaired) electrons. The number of nitrogens with zero attached hydrogens (tertiary/aromatic N) is 2. The van der Waals surface area contributed by atoms with Crippen molar-refractivity contribution in [3.05, 3.63) is 22.5 Å². The normalized spacial score (nSPS) is 15.3. The number of carbonyl (C=O) groups is 3. The number of aryl methyl sites for hydroxylation is 1. The number of nitrogens with one attached hydrogen (secondary N) is 2. The van der Waals surface area contributed by atoms with Crippen LogP contribution >= 0.6 is 0 Å². The van der Waals surface area contributed by atoms with Crippen molar-refractivity contribution >= 4 is 17.7 Å². The third-order valence-corrected chi connectivity index (χ3v) is 5.25. The van der Waals surface area contributed by atoms with E-state index in [2.05, 4.69) is 27.0 Å². The van der Waals surface area contributed by atoms with E-state index in [0.717, 1.165) is 45.6 Å². The molecule has 0 aliphatic carbocycles. The molecule has 29 heavy (non-hydrogen) atoms. The van der Waals surface area contributed by atoms with Gasteiger partial charge in [0.25, 0.3) is 0 Å². The number of unbranched alkanes of at least 4 members (excludes halogenated alkanes) is 1. The highest BCUT2D eigenvalue weighted by Gasteiger charge is 2.26. The molecule has 1 aromatic rings. The van der Waals surface area contributed by atoms with Crippen molar-refractivity contribution in [2.75, 3.05) is 52.4 Å². The lowest BCUT2D eigenvalue weighted by Crippen LogP contribution is -2.50. The summed E-state index contributed by atoms with van der Waals surface area (Å²) in [4.78, 5) is 44.1. The fraction of sp³-hybridized carbons (Fsp3) is 0.667. The van der Waals surface area contributed by atoms with Gasteiger partial charge >= 0.3 is 5.97 Å². The number of amides is 1. The minimum absolute atomic E-state index is 0.00226. The van der Waals surface area contributed by atoms with Crippen LogP contribution in [0.25, 0.3) is 0 Å². The summed E-state index contributed by atoms with van der Waals surface area (Å²) in [6, 6.07) is 0.